The number of hydrogen-bond donors (Lipinski definition) is 4. The Balaban J connectivity index is 0. The standard InChI is InChI=1S/C4H6O3S.C2H4O2S/c5-3(2-8)1-4(6)7;3-2(4)1-5/h8H,1-2H2,(H,6,7);5H,1H2,(H,3,4)/i/hD2. The second-order valence-electron chi connectivity index (χ2n) is 1.78. The first-order valence-corrected chi connectivity index (χ1v) is 4.33. The van der Waals surface area contributed by atoms with Crippen LogP contribution in [0.3, 0.4) is 0 Å². The van der Waals surface area contributed by atoms with Crippen LogP contribution in [0.4, 0.5) is 0 Å². The molecule has 0 heterocycles. The van der Waals surface area contributed by atoms with E-state index in [-0.39, 0.29) is 23.7 Å². The van der Waals surface area contributed by atoms with Gasteiger partial charge in [0.05, 0.1) is 5.75 Å². The molecule has 0 atom stereocenters. The van der Waals surface area contributed by atoms with Crippen LogP contribution in [0.15, 0.2) is 0 Å². The van der Waals surface area contributed by atoms with Gasteiger partial charge in [-0.3, -0.25) is 14.4 Å². The van der Waals surface area contributed by atoms with Crippen LogP contribution in [-0.4, -0.2) is 39.4 Å². The molecular weight excluding hydrogens is 216 g/mol. The monoisotopic (exact) mass is 228 g/mol. The first-order valence-electron chi connectivity index (χ1n) is 3.88. The van der Waals surface area contributed by atoms with Gasteiger partial charge in [0.2, 0.25) is 0 Å². The van der Waals surface area contributed by atoms with Gasteiger partial charge >= 0.3 is 11.9 Å². The highest BCUT2D eigenvalue weighted by Gasteiger charge is 2.03. The molecule has 0 saturated heterocycles. The second kappa shape index (κ2) is 9.40. The Morgan fingerprint density at radius 1 is 1.08 bits per heavy atom. The topological polar surface area (TPSA) is 91.7 Å². The van der Waals surface area contributed by atoms with Crippen molar-refractivity contribution in [3.05, 3.63) is 0 Å². The Morgan fingerprint density at radius 2 is 1.62 bits per heavy atom. The second-order valence-corrected chi connectivity index (χ2v) is 2.41. The molecule has 0 rings (SSSR count). The zero-order valence-corrected chi connectivity index (χ0v) is 8.35. The normalized spacial score (nSPS) is 9.69. The maximum Gasteiger partial charge on any atom is 0.313 e. The molecule has 0 unspecified atom stereocenters. The van der Waals surface area contributed by atoms with Crippen molar-refractivity contribution in [2.24, 2.45) is 0 Å². The molecule has 0 spiro atoms. The van der Waals surface area contributed by atoms with E-state index in [1.165, 1.54) is 0 Å². The number of ketones is 1. The summed E-state index contributed by atoms with van der Waals surface area (Å²) < 4.78 is 12.0. The average Bonchev–Trinajstić information content (AvgIpc) is 2.28. The highest BCUT2D eigenvalue weighted by atomic mass is 32.1. The summed E-state index contributed by atoms with van der Waals surface area (Å²) in [5.41, 5.74) is 0. The van der Waals surface area contributed by atoms with Gasteiger partial charge in [0.25, 0.3) is 2.86 Å². The molecular formula is C6H10O5S2. The largest absolute Gasteiger partial charge is 0.481 e. The maximum atomic E-state index is 10.3. The van der Waals surface area contributed by atoms with Crippen molar-refractivity contribution in [3.8, 4) is 0 Å². The number of carboxylic acid groups (broad SMARTS) is 2. The van der Waals surface area contributed by atoms with Gasteiger partial charge in [-0.05, 0) is 0 Å². The zero-order valence-electron chi connectivity index (χ0n) is 8.56. The van der Waals surface area contributed by atoms with E-state index in [4.69, 9.17) is 2.86 Å². The third kappa shape index (κ3) is 18.3. The molecule has 13 heavy (non-hydrogen) atoms. The van der Waals surface area contributed by atoms with E-state index in [1.807, 2.05) is 0 Å². The van der Waals surface area contributed by atoms with Gasteiger partial charge in [0, 0.05) is 5.75 Å². The van der Waals surface area contributed by atoms with Gasteiger partial charge in [-0.15, -0.1) is 0 Å². The van der Waals surface area contributed by atoms with Crippen molar-refractivity contribution in [1.82, 2.24) is 0 Å². The minimum Gasteiger partial charge on any atom is -0.481 e. The zero-order chi connectivity index (χ0) is 12.3. The Bertz CT molecular complexity index is 204. The van der Waals surface area contributed by atoms with Crippen molar-refractivity contribution in [3.63, 3.8) is 0 Å². The first-order chi connectivity index (χ1) is 7.01. The minimum atomic E-state index is -0.839. The van der Waals surface area contributed by atoms with E-state index in [0.717, 1.165) is 0 Å². The fourth-order valence-corrected chi connectivity index (χ4v) is 0.329. The van der Waals surface area contributed by atoms with Crippen LogP contribution in [0.1, 0.15) is 6.42 Å². The van der Waals surface area contributed by atoms with Crippen molar-refractivity contribution in [1.29, 1.82) is 2.86 Å². The van der Waals surface area contributed by atoms with Gasteiger partial charge in [0.1, 0.15) is 6.42 Å². The quantitative estimate of drug-likeness (QED) is 0.400. The van der Waals surface area contributed by atoms with Gasteiger partial charge in [-0.2, -0.15) is 25.3 Å². The number of Topliss-reactive ketones (excluding diaryl/α,β-unsaturated/α-hetero) is 1. The SMILES string of the molecule is [2H]OC(=O)CC(=O)CS.[2H]OC(=O)CS. The molecule has 0 aliphatic heterocycles. The summed E-state index contributed by atoms with van der Waals surface area (Å²) in [4.78, 5) is 30.1. The van der Waals surface area contributed by atoms with Gasteiger partial charge in [0.15, 0.2) is 5.78 Å². The Hall–Kier alpha value is -0.690. The summed E-state index contributed by atoms with van der Waals surface area (Å²) in [6.07, 6.45) is -0.354. The molecule has 0 aromatic carbocycles. The van der Waals surface area contributed by atoms with E-state index in [0.29, 0.717) is 0 Å². The summed E-state index contributed by atoms with van der Waals surface area (Å²) in [5.74, 6) is -1.82. The van der Waals surface area contributed by atoms with Gasteiger partial charge in [-0.25, -0.2) is 0 Å². The molecule has 2 N–H and O–H groups in total. The van der Waals surface area contributed by atoms with Crippen LogP contribution in [-0.2, 0) is 14.4 Å². The van der Waals surface area contributed by atoms with Crippen molar-refractivity contribution < 1.29 is 24.6 Å². The molecule has 0 aromatic heterocycles. The van der Waals surface area contributed by atoms with Gasteiger partial charge < -0.3 is 10.2 Å². The number of aliphatic carboxylic acids is 2. The molecule has 0 radical (unpaired) electrons. The summed E-state index contributed by atoms with van der Waals surface area (Å²) in [5, 5.41) is 6.91. The lowest BCUT2D eigenvalue weighted by Gasteiger charge is -1.86. The third-order valence-electron chi connectivity index (χ3n) is 0.647. The number of carbonyl (C=O) groups is 3. The van der Waals surface area contributed by atoms with Gasteiger partial charge in [-0.1, -0.05) is 0 Å². The maximum absolute atomic E-state index is 10.3. The fourth-order valence-electron chi connectivity index (χ4n) is 0.217. The van der Waals surface area contributed by atoms with Crippen LogP contribution < -0.4 is 0 Å². The van der Waals surface area contributed by atoms with E-state index >= 15 is 0 Å². The van der Waals surface area contributed by atoms with Crippen molar-refractivity contribution >= 4 is 43.0 Å². The van der Waals surface area contributed by atoms with E-state index in [9.17, 15) is 14.4 Å². The third-order valence-corrected chi connectivity index (χ3v) is 1.26. The number of carbonyl (C=O) groups excluding carboxylic acids is 1. The lowest BCUT2D eigenvalue weighted by molar-refractivity contribution is -0.139. The molecule has 5 nitrogen and oxygen atoms in total. The van der Waals surface area contributed by atoms with E-state index < -0.39 is 11.9 Å². The minimum absolute atomic E-state index is 0.00903. The summed E-state index contributed by atoms with van der Waals surface area (Å²) >= 11 is 7.11. The molecule has 0 saturated carbocycles. The van der Waals surface area contributed by atoms with Crippen LogP contribution in [0.2, 0.25) is 0 Å². The molecule has 0 aliphatic rings. The number of carboxylic acids is 2. The summed E-state index contributed by atoms with van der Waals surface area (Å²) in [6.45, 7) is 0. The molecule has 0 amide bonds. The lowest BCUT2D eigenvalue weighted by Crippen LogP contribution is -2.06. The van der Waals surface area contributed by atoms with Crippen LogP contribution in [0.5, 0.6) is 0 Å². The van der Waals surface area contributed by atoms with Crippen LogP contribution in [0, 0.1) is 0 Å². The first kappa shape index (κ1) is 10.4. The average molecular weight is 228 g/mol. The molecule has 0 bridgehead atoms. The van der Waals surface area contributed by atoms with Crippen LogP contribution in [0.25, 0.3) is 2.86 Å². The fraction of sp³-hybridized carbons (Fsp3) is 0.500. The molecule has 7 heteroatoms. The van der Waals surface area contributed by atoms with Crippen molar-refractivity contribution in [2.75, 3.05) is 11.5 Å². The molecule has 0 fully saturated rings. The Morgan fingerprint density at radius 3 is 1.85 bits per heavy atom. The predicted octanol–water partition coefficient (Wildman–Crippen LogP) is -0.0392. The molecule has 76 valence electrons. The molecule has 0 aromatic rings. The lowest BCUT2D eigenvalue weighted by atomic mass is 10.3. The predicted molar refractivity (Wildman–Crippen MR) is 52.6 cm³/mol. The highest BCUT2D eigenvalue weighted by Crippen LogP contribution is 1.84. The molecule has 0 aliphatic carbocycles. The summed E-state index contributed by atoms with van der Waals surface area (Å²) in [6, 6.07) is 0. The van der Waals surface area contributed by atoms with Crippen LogP contribution >= 0.6 is 25.3 Å². The highest BCUT2D eigenvalue weighted by molar-refractivity contribution is 7.81. The van der Waals surface area contributed by atoms with E-state index in [1.54, 1.807) is 0 Å². The van der Waals surface area contributed by atoms with E-state index in [2.05, 4.69) is 35.5 Å². The smallest absolute Gasteiger partial charge is 0.313 e. The van der Waals surface area contributed by atoms with Crippen molar-refractivity contribution in [2.45, 2.75) is 6.42 Å². The number of hydrogen-bond acceptors (Lipinski definition) is 7. The summed E-state index contributed by atoms with van der Waals surface area (Å²) in [7, 11) is 0. The number of thiol groups is 2. The Kier molecular flexibility index (Phi) is 7.51. The number of rotatable bonds is 4. The Labute approximate surface area is 88.9 Å².